The lowest BCUT2D eigenvalue weighted by Gasteiger charge is -2.08. The molecule has 0 aliphatic heterocycles. The largest absolute Gasteiger partial charge is 0.460 e. The zero-order valence-corrected chi connectivity index (χ0v) is 27.0. The summed E-state index contributed by atoms with van der Waals surface area (Å²) in [5.74, 6) is -0.449. The molecule has 0 fully saturated rings. The predicted molar refractivity (Wildman–Crippen MR) is 167 cm³/mol. The van der Waals surface area contributed by atoms with Crippen LogP contribution in [0.4, 0.5) is 0 Å². The summed E-state index contributed by atoms with van der Waals surface area (Å²) in [6.07, 6.45) is 20.4. The van der Waals surface area contributed by atoms with Crippen LogP contribution in [0.1, 0.15) is 96.8 Å². The molecule has 0 aromatic carbocycles. The molecule has 9 heteroatoms. The van der Waals surface area contributed by atoms with Crippen molar-refractivity contribution in [3.63, 3.8) is 0 Å². The van der Waals surface area contributed by atoms with Crippen molar-refractivity contribution in [1.82, 2.24) is 0 Å². The van der Waals surface area contributed by atoms with Crippen LogP contribution in [-0.2, 0) is 42.7 Å². The van der Waals surface area contributed by atoms with Crippen LogP contribution in [-0.4, -0.2) is 105 Å². The Morgan fingerprint density at radius 3 is 0.976 bits per heavy atom. The molecular weight excluding hydrogens is 540 g/mol. The van der Waals surface area contributed by atoms with Gasteiger partial charge in [-0.3, -0.25) is 0 Å². The highest BCUT2D eigenvalue weighted by molar-refractivity contribution is 5.81. The van der Waals surface area contributed by atoms with Gasteiger partial charge in [-0.2, -0.15) is 0 Å². The summed E-state index contributed by atoms with van der Waals surface area (Å²) in [4.78, 5) is 10.8. The number of rotatable bonds is 37. The standard InChI is InChI=1S/C33H64O9/c1-3-5-6-7-8-9-10-11-12-13-14-15-16-17-18-35-19-20-36-21-22-37-23-24-38-25-26-39-27-28-40-29-30-41-31-32-42-33(34)4-2/h4H,2-3,5-32H2,1H3. The van der Waals surface area contributed by atoms with Gasteiger partial charge in [0.1, 0.15) is 6.61 Å². The molecule has 0 unspecified atom stereocenters. The summed E-state index contributed by atoms with van der Waals surface area (Å²) in [6, 6.07) is 0. The van der Waals surface area contributed by atoms with E-state index in [1.807, 2.05) is 0 Å². The molecule has 0 N–H and O–H groups in total. The highest BCUT2D eigenvalue weighted by Crippen LogP contribution is 2.12. The van der Waals surface area contributed by atoms with Crippen LogP contribution >= 0.6 is 0 Å². The molecule has 0 aliphatic carbocycles. The molecule has 0 aliphatic rings. The summed E-state index contributed by atoms with van der Waals surface area (Å²) < 4.78 is 43.1. The fourth-order valence-electron chi connectivity index (χ4n) is 4.08. The van der Waals surface area contributed by atoms with Crippen molar-refractivity contribution in [3.05, 3.63) is 12.7 Å². The Morgan fingerprint density at radius 2 is 0.667 bits per heavy atom. The summed E-state index contributed by atoms with van der Waals surface area (Å²) in [7, 11) is 0. The van der Waals surface area contributed by atoms with Gasteiger partial charge in [-0.15, -0.1) is 0 Å². The first-order valence-corrected chi connectivity index (χ1v) is 16.6. The number of esters is 1. The fraction of sp³-hybridized carbons (Fsp3) is 0.909. The zero-order chi connectivity index (χ0) is 30.4. The van der Waals surface area contributed by atoms with E-state index < -0.39 is 5.97 Å². The monoisotopic (exact) mass is 604 g/mol. The van der Waals surface area contributed by atoms with Crippen molar-refractivity contribution >= 4 is 5.97 Å². The van der Waals surface area contributed by atoms with Crippen molar-refractivity contribution < 1.29 is 42.7 Å². The van der Waals surface area contributed by atoms with Crippen LogP contribution in [0.2, 0.25) is 0 Å². The average molecular weight is 605 g/mol. The molecule has 0 heterocycles. The Labute approximate surface area is 257 Å². The molecule has 0 aromatic rings. The molecule has 0 saturated carbocycles. The van der Waals surface area contributed by atoms with Gasteiger partial charge >= 0.3 is 5.97 Å². The normalized spacial score (nSPS) is 11.3. The van der Waals surface area contributed by atoms with Crippen molar-refractivity contribution in [3.8, 4) is 0 Å². The van der Waals surface area contributed by atoms with Crippen molar-refractivity contribution in [2.75, 3.05) is 99.1 Å². The molecule has 42 heavy (non-hydrogen) atoms. The van der Waals surface area contributed by atoms with E-state index in [4.69, 9.17) is 37.9 Å². The highest BCUT2D eigenvalue weighted by Gasteiger charge is 1.98. The maximum absolute atomic E-state index is 10.8. The Kier molecular flexibility index (Phi) is 37.0. The third-order valence-electron chi connectivity index (χ3n) is 6.51. The third kappa shape index (κ3) is 37.0. The highest BCUT2D eigenvalue weighted by atomic mass is 16.6. The minimum atomic E-state index is -0.449. The topological polar surface area (TPSA) is 90.9 Å². The van der Waals surface area contributed by atoms with E-state index in [-0.39, 0.29) is 6.61 Å². The van der Waals surface area contributed by atoms with Crippen LogP contribution in [0.25, 0.3) is 0 Å². The summed E-state index contributed by atoms with van der Waals surface area (Å²) in [6.45, 7) is 13.3. The minimum absolute atomic E-state index is 0.210. The van der Waals surface area contributed by atoms with Crippen molar-refractivity contribution in [2.24, 2.45) is 0 Å². The predicted octanol–water partition coefficient (Wildman–Crippen LogP) is 6.31. The van der Waals surface area contributed by atoms with Gasteiger partial charge in [0.15, 0.2) is 0 Å². The number of carbonyl (C=O) groups is 1. The van der Waals surface area contributed by atoms with Crippen LogP contribution in [0.15, 0.2) is 12.7 Å². The summed E-state index contributed by atoms with van der Waals surface area (Å²) >= 11 is 0. The lowest BCUT2D eigenvalue weighted by atomic mass is 10.0. The number of hydrogen-bond acceptors (Lipinski definition) is 9. The Hall–Kier alpha value is -1.07. The van der Waals surface area contributed by atoms with Gasteiger partial charge in [-0.1, -0.05) is 97.0 Å². The second-order valence-electron chi connectivity index (χ2n) is 10.3. The van der Waals surface area contributed by atoms with E-state index in [1.165, 1.54) is 83.5 Å². The van der Waals surface area contributed by atoms with E-state index in [0.29, 0.717) is 85.9 Å². The quantitative estimate of drug-likeness (QED) is 0.0459. The first-order valence-electron chi connectivity index (χ1n) is 16.6. The van der Waals surface area contributed by atoms with Gasteiger partial charge in [-0.25, -0.2) is 4.79 Å². The molecule has 0 aromatic heterocycles. The van der Waals surface area contributed by atoms with E-state index in [2.05, 4.69) is 13.5 Å². The molecule has 0 spiro atoms. The molecule has 0 bridgehead atoms. The van der Waals surface area contributed by atoms with Gasteiger partial charge in [0, 0.05) is 12.7 Å². The second kappa shape index (κ2) is 38.0. The Morgan fingerprint density at radius 1 is 0.405 bits per heavy atom. The molecule has 0 amide bonds. The molecular formula is C33H64O9. The first-order chi connectivity index (χ1) is 20.8. The smallest absolute Gasteiger partial charge is 0.330 e. The van der Waals surface area contributed by atoms with Gasteiger partial charge in [0.2, 0.25) is 0 Å². The van der Waals surface area contributed by atoms with Gasteiger partial charge in [-0.05, 0) is 6.42 Å². The van der Waals surface area contributed by atoms with E-state index in [1.54, 1.807) is 0 Å². The Bertz CT molecular complexity index is 534. The number of carbonyl (C=O) groups excluding carboxylic acids is 1. The molecule has 0 saturated heterocycles. The Balaban J connectivity index is 3.04. The average Bonchev–Trinajstić information content (AvgIpc) is 3.00. The van der Waals surface area contributed by atoms with E-state index >= 15 is 0 Å². The van der Waals surface area contributed by atoms with Crippen LogP contribution in [0.5, 0.6) is 0 Å². The number of unbranched alkanes of at least 4 members (excludes halogenated alkanes) is 13. The summed E-state index contributed by atoms with van der Waals surface area (Å²) in [5, 5.41) is 0. The van der Waals surface area contributed by atoms with Gasteiger partial charge < -0.3 is 37.9 Å². The fourth-order valence-corrected chi connectivity index (χ4v) is 4.08. The maximum atomic E-state index is 10.8. The lowest BCUT2D eigenvalue weighted by Crippen LogP contribution is -2.15. The molecule has 9 nitrogen and oxygen atoms in total. The van der Waals surface area contributed by atoms with E-state index in [0.717, 1.165) is 19.1 Å². The van der Waals surface area contributed by atoms with Crippen LogP contribution in [0.3, 0.4) is 0 Å². The molecule has 250 valence electrons. The second-order valence-corrected chi connectivity index (χ2v) is 10.3. The van der Waals surface area contributed by atoms with Crippen LogP contribution in [0, 0.1) is 0 Å². The molecule has 0 radical (unpaired) electrons. The minimum Gasteiger partial charge on any atom is -0.460 e. The molecule has 0 rings (SSSR count). The van der Waals surface area contributed by atoms with Crippen molar-refractivity contribution in [1.29, 1.82) is 0 Å². The third-order valence-corrected chi connectivity index (χ3v) is 6.51. The lowest BCUT2D eigenvalue weighted by molar-refractivity contribution is -0.139. The van der Waals surface area contributed by atoms with Gasteiger partial charge in [0.25, 0.3) is 0 Å². The van der Waals surface area contributed by atoms with Crippen molar-refractivity contribution in [2.45, 2.75) is 96.8 Å². The first kappa shape index (κ1) is 40.9. The number of hydrogen-bond donors (Lipinski definition) is 0. The van der Waals surface area contributed by atoms with E-state index in [9.17, 15) is 4.79 Å². The molecule has 0 atom stereocenters. The summed E-state index contributed by atoms with van der Waals surface area (Å²) in [5.41, 5.74) is 0. The zero-order valence-electron chi connectivity index (χ0n) is 27.0. The van der Waals surface area contributed by atoms with Gasteiger partial charge in [0.05, 0.1) is 85.9 Å². The maximum Gasteiger partial charge on any atom is 0.330 e. The SMILES string of the molecule is C=CC(=O)OCCOCCOCCOCCOCCOCCOCCOCCCCCCCCCCCCCCCC. The van der Waals surface area contributed by atoms with Crippen LogP contribution < -0.4 is 0 Å². The number of ether oxygens (including phenoxy) is 8.